The van der Waals surface area contributed by atoms with Crippen molar-refractivity contribution in [2.45, 2.75) is 26.2 Å². The maximum Gasteiger partial charge on any atom is 0.307 e. The van der Waals surface area contributed by atoms with E-state index in [4.69, 9.17) is 19.0 Å². The minimum absolute atomic E-state index is 0.0472. The standard InChI is InChI=1S/C19H19N3O7/c1-11(21-22-19(26)14-4-3-7-27-14)12-8-15-16(29-10-28-15)9-13(12)20-17(23)5-2-6-18(24)25/h3-4,7-9H,2,5-6,10H2,1H3,(H,20,23)(H,22,26)(H,24,25)/b21-11+. The molecule has 152 valence electrons. The second kappa shape index (κ2) is 8.91. The van der Waals surface area contributed by atoms with E-state index in [0.717, 1.165) is 0 Å². The summed E-state index contributed by atoms with van der Waals surface area (Å²) >= 11 is 0. The molecule has 3 N–H and O–H groups in total. The predicted octanol–water partition coefficient (Wildman–Crippen LogP) is 2.36. The van der Waals surface area contributed by atoms with Crippen LogP contribution in [0.2, 0.25) is 0 Å². The Morgan fingerprint density at radius 3 is 2.62 bits per heavy atom. The lowest BCUT2D eigenvalue weighted by atomic mass is 10.1. The topological polar surface area (TPSA) is 139 Å². The third-order valence-electron chi connectivity index (χ3n) is 4.04. The van der Waals surface area contributed by atoms with Crippen LogP contribution in [0.5, 0.6) is 11.5 Å². The van der Waals surface area contributed by atoms with Crippen LogP contribution in [-0.4, -0.2) is 35.4 Å². The maximum absolute atomic E-state index is 12.2. The van der Waals surface area contributed by atoms with Crippen LogP contribution in [-0.2, 0) is 9.59 Å². The molecule has 29 heavy (non-hydrogen) atoms. The van der Waals surface area contributed by atoms with Gasteiger partial charge in [0.15, 0.2) is 17.3 Å². The number of rotatable bonds is 8. The lowest BCUT2D eigenvalue weighted by molar-refractivity contribution is -0.137. The predicted molar refractivity (Wildman–Crippen MR) is 101 cm³/mol. The summed E-state index contributed by atoms with van der Waals surface area (Å²) in [5.41, 5.74) is 3.71. The van der Waals surface area contributed by atoms with Crippen LogP contribution < -0.4 is 20.2 Å². The number of fused-ring (bicyclic) bond motifs is 1. The number of carbonyl (C=O) groups excluding carboxylic acids is 2. The molecule has 10 heteroatoms. The monoisotopic (exact) mass is 401 g/mol. The number of carboxylic acid groups (broad SMARTS) is 1. The van der Waals surface area contributed by atoms with E-state index < -0.39 is 11.9 Å². The van der Waals surface area contributed by atoms with Crippen LogP contribution in [0.3, 0.4) is 0 Å². The molecule has 0 aliphatic carbocycles. The van der Waals surface area contributed by atoms with Gasteiger partial charge in [0, 0.05) is 24.5 Å². The summed E-state index contributed by atoms with van der Waals surface area (Å²) < 4.78 is 15.7. The number of hydrazone groups is 1. The average Bonchev–Trinajstić information content (AvgIpc) is 3.36. The summed E-state index contributed by atoms with van der Waals surface area (Å²) in [5, 5.41) is 15.5. The average molecular weight is 401 g/mol. The van der Waals surface area contributed by atoms with Crippen molar-refractivity contribution in [3.63, 3.8) is 0 Å². The molecule has 0 unspecified atom stereocenters. The largest absolute Gasteiger partial charge is 0.481 e. The first-order valence-corrected chi connectivity index (χ1v) is 8.78. The van der Waals surface area contributed by atoms with E-state index in [9.17, 15) is 14.4 Å². The van der Waals surface area contributed by atoms with Crippen molar-refractivity contribution in [3.8, 4) is 11.5 Å². The van der Waals surface area contributed by atoms with Crippen LogP contribution in [0.4, 0.5) is 5.69 Å². The minimum atomic E-state index is -0.961. The molecule has 1 aromatic heterocycles. The number of anilines is 1. The van der Waals surface area contributed by atoms with E-state index in [2.05, 4.69) is 15.8 Å². The Morgan fingerprint density at radius 1 is 1.17 bits per heavy atom. The van der Waals surface area contributed by atoms with E-state index >= 15 is 0 Å². The van der Waals surface area contributed by atoms with Gasteiger partial charge in [0.05, 0.1) is 17.7 Å². The number of amides is 2. The fourth-order valence-corrected chi connectivity index (χ4v) is 2.62. The van der Waals surface area contributed by atoms with E-state index in [1.165, 1.54) is 12.3 Å². The molecule has 0 radical (unpaired) electrons. The van der Waals surface area contributed by atoms with Gasteiger partial charge < -0.3 is 24.3 Å². The van der Waals surface area contributed by atoms with Crippen molar-refractivity contribution >= 4 is 29.2 Å². The Bertz CT molecular complexity index is 951. The van der Waals surface area contributed by atoms with E-state index in [0.29, 0.717) is 28.5 Å². The lowest BCUT2D eigenvalue weighted by Crippen LogP contribution is -2.20. The summed E-state index contributed by atoms with van der Waals surface area (Å²) in [7, 11) is 0. The van der Waals surface area contributed by atoms with Crippen molar-refractivity contribution < 1.29 is 33.4 Å². The molecular weight excluding hydrogens is 382 g/mol. The van der Waals surface area contributed by atoms with Gasteiger partial charge in [0.2, 0.25) is 12.7 Å². The lowest BCUT2D eigenvalue weighted by Gasteiger charge is -2.12. The molecule has 0 bridgehead atoms. The zero-order valence-corrected chi connectivity index (χ0v) is 15.6. The van der Waals surface area contributed by atoms with Crippen LogP contribution in [0.25, 0.3) is 0 Å². The zero-order valence-electron chi connectivity index (χ0n) is 15.6. The third kappa shape index (κ3) is 5.12. The van der Waals surface area contributed by atoms with Crippen molar-refractivity contribution in [2.24, 2.45) is 5.10 Å². The number of benzene rings is 1. The van der Waals surface area contributed by atoms with Gasteiger partial charge in [-0.05, 0) is 31.5 Å². The number of nitrogens with one attached hydrogen (secondary N) is 2. The van der Waals surface area contributed by atoms with Gasteiger partial charge in [0.25, 0.3) is 0 Å². The SMILES string of the molecule is C/C(=N\NC(=O)c1ccco1)c1cc2c(cc1NC(=O)CCCC(=O)O)OCO2. The molecule has 0 saturated heterocycles. The molecule has 2 amide bonds. The molecule has 0 spiro atoms. The summed E-state index contributed by atoms with van der Waals surface area (Å²) in [6.45, 7) is 1.70. The van der Waals surface area contributed by atoms with Crippen molar-refractivity contribution in [3.05, 3.63) is 41.9 Å². The molecule has 10 nitrogen and oxygen atoms in total. The first-order chi connectivity index (χ1) is 13.9. The minimum Gasteiger partial charge on any atom is -0.481 e. The number of furan rings is 1. The van der Waals surface area contributed by atoms with Crippen molar-refractivity contribution in [2.75, 3.05) is 12.1 Å². The van der Waals surface area contributed by atoms with E-state index in [-0.39, 0.29) is 37.7 Å². The van der Waals surface area contributed by atoms with Gasteiger partial charge in [-0.2, -0.15) is 5.10 Å². The Kier molecular flexibility index (Phi) is 6.12. The highest BCUT2D eigenvalue weighted by molar-refractivity contribution is 6.08. The summed E-state index contributed by atoms with van der Waals surface area (Å²) in [4.78, 5) is 34.8. The van der Waals surface area contributed by atoms with Crippen molar-refractivity contribution in [1.29, 1.82) is 0 Å². The van der Waals surface area contributed by atoms with Gasteiger partial charge in [-0.25, -0.2) is 5.43 Å². The molecule has 2 aromatic rings. The highest BCUT2D eigenvalue weighted by atomic mass is 16.7. The second-order valence-corrected chi connectivity index (χ2v) is 6.16. The highest BCUT2D eigenvalue weighted by Crippen LogP contribution is 2.37. The van der Waals surface area contributed by atoms with Crippen LogP contribution >= 0.6 is 0 Å². The fourth-order valence-electron chi connectivity index (χ4n) is 2.62. The number of hydrogen-bond acceptors (Lipinski definition) is 7. The molecule has 1 aliphatic rings. The first-order valence-electron chi connectivity index (χ1n) is 8.78. The van der Waals surface area contributed by atoms with Gasteiger partial charge in [-0.15, -0.1) is 0 Å². The van der Waals surface area contributed by atoms with Crippen LogP contribution in [0.1, 0.15) is 42.3 Å². The number of carboxylic acids is 1. The summed E-state index contributed by atoms with van der Waals surface area (Å²) in [6, 6.07) is 6.33. The second-order valence-electron chi connectivity index (χ2n) is 6.16. The Hall–Kier alpha value is -3.82. The van der Waals surface area contributed by atoms with Gasteiger partial charge >= 0.3 is 11.9 Å². The van der Waals surface area contributed by atoms with E-state index in [1.807, 2.05) is 0 Å². The molecule has 0 saturated carbocycles. The Labute approximate surface area is 165 Å². The van der Waals surface area contributed by atoms with Gasteiger partial charge in [-0.3, -0.25) is 14.4 Å². The smallest absolute Gasteiger partial charge is 0.307 e. The van der Waals surface area contributed by atoms with Gasteiger partial charge in [-0.1, -0.05) is 0 Å². The first kappa shape index (κ1) is 19.9. The number of hydrogen-bond donors (Lipinski definition) is 3. The molecule has 3 rings (SSSR count). The fraction of sp³-hybridized carbons (Fsp3) is 0.263. The quantitative estimate of drug-likeness (QED) is 0.456. The Balaban J connectivity index is 1.77. The molecule has 0 atom stereocenters. The molecule has 0 fully saturated rings. The molecular formula is C19H19N3O7. The summed E-state index contributed by atoms with van der Waals surface area (Å²) in [6.07, 6.45) is 1.54. The number of carbonyl (C=O) groups is 3. The number of nitrogens with zero attached hydrogens (tertiary/aromatic N) is 1. The molecule has 1 aromatic carbocycles. The number of aliphatic carboxylic acids is 1. The number of ether oxygens (including phenoxy) is 2. The van der Waals surface area contributed by atoms with Crippen LogP contribution in [0.15, 0.2) is 40.0 Å². The Morgan fingerprint density at radius 2 is 1.93 bits per heavy atom. The molecule has 1 aliphatic heterocycles. The summed E-state index contributed by atoms with van der Waals surface area (Å²) in [5.74, 6) is -0.776. The molecule has 2 heterocycles. The maximum atomic E-state index is 12.2. The zero-order chi connectivity index (χ0) is 20.8. The van der Waals surface area contributed by atoms with Crippen LogP contribution in [0, 0.1) is 0 Å². The van der Waals surface area contributed by atoms with Gasteiger partial charge in [0.1, 0.15) is 0 Å². The highest BCUT2D eigenvalue weighted by Gasteiger charge is 2.20. The van der Waals surface area contributed by atoms with Crippen molar-refractivity contribution in [1.82, 2.24) is 5.43 Å². The van der Waals surface area contributed by atoms with E-state index in [1.54, 1.807) is 25.1 Å². The normalized spacial score (nSPS) is 12.5. The third-order valence-corrected chi connectivity index (χ3v) is 4.04.